The van der Waals surface area contributed by atoms with Gasteiger partial charge in [-0.15, -0.1) is 0 Å². The van der Waals surface area contributed by atoms with E-state index < -0.39 is 0 Å². The van der Waals surface area contributed by atoms with E-state index in [1.165, 1.54) is 4.90 Å². The average molecular weight is 549 g/mol. The van der Waals surface area contributed by atoms with Crippen LogP contribution >= 0.6 is 50.9 Å². The van der Waals surface area contributed by atoms with Gasteiger partial charge in [0.2, 0.25) is 0 Å². The van der Waals surface area contributed by atoms with E-state index in [4.69, 9.17) is 27.9 Å². The Kier molecular flexibility index (Phi) is 7.26. The number of imide groups is 1. The molecule has 0 N–H and O–H groups in total. The van der Waals surface area contributed by atoms with Gasteiger partial charge < -0.3 is 4.74 Å². The number of carbonyl (C=O) groups is 2. The van der Waals surface area contributed by atoms with Crippen molar-refractivity contribution in [1.29, 1.82) is 0 Å². The summed E-state index contributed by atoms with van der Waals surface area (Å²) in [5.74, 6) is 0.270. The van der Waals surface area contributed by atoms with E-state index in [9.17, 15) is 9.59 Å². The summed E-state index contributed by atoms with van der Waals surface area (Å²) < 4.78 is 6.82. The summed E-state index contributed by atoms with van der Waals surface area (Å²) in [6, 6.07) is 20.0. The summed E-state index contributed by atoms with van der Waals surface area (Å²) >= 11 is 16.2. The minimum Gasteiger partial charge on any atom is -0.488 e. The van der Waals surface area contributed by atoms with Crippen molar-refractivity contribution in [3.63, 3.8) is 0 Å². The van der Waals surface area contributed by atoms with Gasteiger partial charge in [0, 0.05) is 20.1 Å². The SMILES string of the molecule is O=C1S/C(=C\c2cc(Br)ccc2OCc2ccc(Cl)cc2)C(=O)N1Cc1ccc(Cl)cc1. The van der Waals surface area contributed by atoms with E-state index in [0.29, 0.717) is 32.9 Å². The molecule has 32 heavy (non-hydrogen) atoms. The summed E-state index contributed by atoms with van der Waals surface area (Å²) in [5.41, 5.74) is 2.49. The Morgan fingerprint density at radius 1 is 0.906 bits per heavy atom. The highest BCUT2D eigenvalue weighted by Crippen LogP contribution is 2.36. The van der Waals surface area contributed by atoms with Crippen LogP contribution in [0.25, 0.3) is 6.08 Å². The fourth-order valence-corrected chi connectivity index (χ4v) is 4.52. The lowest BCUT2D eigenvalue weighted by Gasteiger charge is -2.12. The second-order valence-electron chi connectivity index (χ2n) is 6.99. The van der Waals surface area contributed by atoms with Gasteiger partial charge in [0.15, 0.2) is 0 Å². The summed E-state index contributed by atoms with van der Waals surface area (Å²) in [6.45, 7) is 0.537. The number of amides is 2. The monoisotopic (exact) mass is 547 g/mol. The average Bonchev–Trinajstić information content (AvgIpc) is 3.03. The topological polar surface area (TPSA) is 46.6 Å². The number of thioether (sulfide) groups is 1. The van der Waals surface area contributed by atoms with Crippen molar-refractivity contribution in [3.8, 4) is 5.75 Å². The molecule has 0 saturated carbocycles. The van der Waals surface area contributed by atoms with Crippen LogP contribution in [-0.4, -0.2) is 16.0 Å². The Balaban J connectivity index is 1.54. The second kappa shape index (κ2) is 10.1. The third-order valence-corrected chi connectivity index (χ3v) is 6.60. The number of nitrogens with zero attached hydrogens (tertiary/aromatic N) is 1. The maximum atomic E-state index is 12.9. The van der Waals surface area contributed by atoms with Gasteiger partial charge in [0.25, 0.3) is 11.1 Å². The predicted molar refractivity (Wildman–Crippen MR) is 133 cm³/mol. The van der Waals surface area contributed by atoms with Crippen molar-refractivity contribution in [2.75, 3.05) is 0 Å². The lowest BCUT2D eigenvalue weighted by Crippen LogP contribution is -2.27. The molecule has 1 aliphatic heterocycles. The third-order valence-electron chi connectivity index (χ3n) is 4.69. The summed E-state index contributed by atoms with van der Waals surface area (Å²) in [5, 5.41) is 0.950. The Morgan fingerprint density at radius 2 is 1.53 bits per heavy atom. The molecule has 0 spiro atoms. The molecule has 0 radical (unpaired) electrons. The normalized spacial score (nSPS) is 15.0. The van der Waals surface area contributed by atoms with Crippen molar-refractivity contribution >= 4 is 68.1 Å². The fraction of sp³-hybridized carbons (Fsp3) is 0.0833. The first-order chi connectivity index (χ1) is 15.4. The Labute approximate surface area is 208 Å². The van der Waals surface area contributed by atoms with Gasteiger partial charge in [-0.25, -0.2) is 0 Å². The highest BCUT2D eigenvalue weighted by Gasteiger charge is 2.35. The zero-order valence-corrected chi connectivity index (χ0v) is 20.5. The number of rotatable bonds is 6. The van der Waals surface area contributed by atoms with E-state index >= 15 is 0 Å². The number of halogens is 3. The van der Waals surface area contributed by atoms with Crippen molar-refractivity contribution in [2.24, 2.45) is 0 Å². The van der Waals surface area contributed by atoms with Crippen LogP contribution in [0.4, 0.5) is 4.79 Å². The molecule has 0 atom stereocenters. The number of benzene rings is 3. The zero-order valence-electron chi connectivity index (χ0n) is 16.6. The molecular formula is C24H16BrCl2NO3S. The maximum absolute atomic E-state index is 12.9. The van der Waals surface area contributed by atoms with Gasteiger partial charge >= 0.3 is 0 Å². The molecule has 3 aromatic carbocycles. The molecule has 2 amide bonds. The molecule has 1 heterocycles. The maximum Gasteiger partial charge on any atom is 0.293 e. The molecule has 3 aromatic rings. The predicted octanol–water partition coefficient (Wildman–Crippen LogP) is 7.57. The van der Waals surface area contributed by atoms with Crippen molar-refractivity contribution in [3.05, 3.63) is 103 Å². The van der Waals surface area contributed by atoms with E-state index in [1.807, 2.05) is 30.3 Å². The minimum atomic E-state index is -0.335. The van der Waals surface area contributed by atoms with Crippen LogP contribution in [0.2, 0.25) is 10.0 Å². The molecule has 0 unspecified atom stereocenters. The molecule has 1 saturated heterocycles. The van der Waals surface area contributed by atoms with Gasteiger partial charge in [0.05, 0.1) is 11.4 Å². The first kappa shape index (κ1) is 22.9. The first-order valence-electron chi connectivity index (χ1n) is 9.55. The largest absolute Gasteiger partial charge is 0.488 e. The lowest BCUT2D eigenvalue weighted by atomic mass is 10.1. The van der Waals surface area contributed by atoms with Crippen LogP contribution in [0, 0.1) is 0 Å². The highest BCUT2D eigenvalue weighted by atomic mass is 79.9. The zero-order chi connectivity index (χ0) is 22.7. The van der Waals surface area contributed by atoms with Crippen molar-refractivity contribution in [1.82, 2.24) is 4.90 Å². The smallest absolute Gasteiger partial charge is 0.293 e. The molecule has 162 valence electrons. The van der Waals surface area contributed by atoms with Gasteiger partial charge in [-0.2, -0.15) is 0 Å². The van der Waals surface area contributed by atoms with Gasteiger partial charge in [-0.05, 0) is 71.4 Å². The van der Waals surface area contributed by atoms with Crippen molar-refractivity contribution < 1.29 is 14.3 Å². The van der Waals surface area contributed by atoms with Crippen LogP contribution in [0.5, 0.6) is 5.75 Å². The molecule has 0 aromatic heterocycles. The molecule has 8 heteroatoms. The number of carbonyl (C=O) groups excluding carboxylic acids is 2. The molecule has 1 fully saturated rings. The minimum absolute atomic E-state index is 0.192. The van der Waals surface area contributed by atoms with Crippen LogP contribution in [0.3, 0.4) is 0 Å². The quantitative estimate of drug-likeness (QED) is 0.298. The molecule has 0 aliphatic carbocycles. The Morgan fingerprint density at radius 3 is 2.19 bits per heavy atom. The summed E-state index contributed by atoms with van der Waals surface area (Å²) in [6.07, 6.45) is 1.69. The summed E-state index contributed by atoms with van der Waals surface area (Å²) in [7, 11) is 0. The second-order valence-corrected chi connectivity index (χ2v) is 9.77. The molecule has 4 rings (SSSR count). The molecular weight excluding hydrogens is 533 g/mol. The Bertz CT molecular complexity index is 1200. The molecule has 0 bridgehead atoms. The summed E-state index contributed by atoms with van der Waals surface area (Å²) in [4.78, 5) is 27.0. The molecule has 4 nitrogen and oxygen atoms in total. The Hall–Kier alpha value is -2.25. The van der Waals surface area contributed by atoms with Crippen molar-refractivity contribution in [2.45, 2.75) is 13.2 Å². The van der Waals surface area contributed by atoms with Crippen LogP contribution < -0.4 is 4.74 Å². The van der Waals surface area contributed by atoms with E-state index in [1.54, 1.807) is 42.5 Å². The van der Waals surface area contributed by atoms with Crippen LogP contribution in [0.15, 0.2) is 76.1 Å². The molecule has 1 aliphatic rings. The number of hydrogen-bond acceptors (Lipinski definition) is 4. The van der Waals surface area contributed by atoms with E-state index in [-0.39, 0.29) is 17.7 Å². The number of hydrogen-bond donors (Lipinski definition) is 0. The fourth-order valence-electron chi connectivity index (χ4n) is 3.06. The number of ether oxygens (including phenoxy) is 1. The van der Waals surface area contributed by atoms with E-state index in [0.717, 1.165) is 27.4 Å². The highest BCUT2D eigenvalue weighted by molar-refractivity contribution is 9.10. The van der Waals surface area contributed by atoms with Gasteiger partial charge in [-0.3, -0.25) is 14.5 Å². The lowest BCUT2D eigenvalue weighted by molar-refractivity contribution is -0.123. The van der Waals surface area contributed by atoms with Gasteiger partial charge in [0.1, 0.15) is 12.4 Å². The third kappa shape index (κ3) is 5.56. The van der Waals surface area contributed by atoms with Crippen LogP contribution in [0.1, 0.15) is 16.7 Å². The standard InChI is InChI=1S/C24H16BrCl2NO3S/c25-18-5-10-21(31-14-16-3-8-20(27)9-4-16)17(11-18)12-22-23(29)28(24(30)32-22)13-15-1-6-19(26)7-2-15/h1-12H,13-14H2/b22-12-. The first-order valence-corrected chi connectivity index (χ1v) is 11.9. The van der Waals surface area contributed by atoms with Gasteiger partial charge in [-0.1, -0.05) is 63.4 Å². The van der Waals surface area contributed by atoms with Crippen LogP contribution in [-0.2, 0) is 17.9 Å². The van der Waals surface area contributed by atoms with E-state index in [2.05, 4.69) is 15.9 Å².